The maximum Gasteiger partial charge on any atom is 0.303 e. The molecule has 0 amide bonds. The largest absolute Gasteiger partial charge is 0.459 e. The van der Waals surface area contributed by atoms with E-state index in [1.807, 2.05) is 26.0 Å². The molecular formula is C16H28O3. The molecule has 0 saturated heterocycles. The highest BCUT2D eigenvalue weighted by atomic mass is 16.5. The van der Waals surface area contributed by atoms with E-state index in [0.717, 1.165) is 12.8 Å². The van der Waals surface area contributed by atoms with E-state index in [2.05, 4.69) is 20.8 Å². The van der Waals surface area contributed by atoms with E-state index in [0.29, 0.717) is 5.92 Å². The first-order valence-corrected chi connectivity index (χ1v) is 7.15. The lowest BCUT2D eigenvalue weighted by molar-refractivity contribution is -0.143. The maximum atomic E-state index is 10.9. The first kappa shape index (κ1) is 16.2. The van der Waals surface area contributed by atoms with Crippen molar-refractivity contribution in [3.05, 3.63) is 12.2 Å². The molecule has 1 aliphatic carbocycles. The molecule has 0 spiro atoms. The summed E-state index contributed by atoms with van der Waals surface area (Å²) < 4.78 is 5.10. The fourth-order valence-corrected chi connectivity index (χ4v) is 3.17. The summed E-state index contributed by atoms with van der Waals surface area (Å²) in [5.41, 5.74) is -0.656. The molecule has 110 valence electrons. The Kier molecular flexibility index (Phi) is 4.83. The van der Waals surface area contributed by atoms with Crippen LogP contribution < -0.4 is 0 Å². The second kappa shape index (κ2) is 5.66. The molecule has 0 bridgehead atoms. The van der Waals surface area contributed by atoms with Crippen molar-refractivity contribution in [3.8, 4) is 0 Å². The van der Waals surface area contributed by atoms with Gasteiger partial charge in [0, 0.05) is 12.8 Å². The molecule has 0 unspecified atom stereocenters. The second-order valence-electron chi connectivity index (χ2n) is 6.80. The molecule has 3 heteroatoms. The van der Waals surface area contributed by atoms with Crippen LogP contribution in [0.1, 0.15) is 54.4 Å². The van der Waals surface area contributed by atoms with Crippen molar-refractivity contribution in [1.29, 1.82) is 0 Å². The van der Waals surface area contributed by atoms with Crippen LogP contribution in [0.25, 0.3) is 0 Å². The predicted molar refractivity (Wildman–Crippen MR) is 76.7 cm³/mol. The van der Waals surface area contributed by atoms with Gasteiger partial charge in [-0.25, -0.2) is 0 Å². The molecule has 0 aromatic carbocycles. The van der Waals surface area contributed by atoms with Gasteiger partial charge >= 0.3 is 5.97 Å². The molecule has 1 rings (SSSR count). The number of ether oxygens (including phenoxy) is 1. The fourth-order valence-electron chi connectivity index (χ4n) is 3.17. The molecule has 19 heavy (non-hydrogen) atoms. The Labute approximate surface area is 117 Å². The summed E-state index contributed by atoms with van der Waals surface area (Å²) in [4.78, 5) is 10.9. The Hall–Kier alpha value is -0.830. The summed E-state index contributed by atoms with van der Waals surface area (Å²) in [5, 5.41) is 10.6. The summed E-state index contributed by atoms with van der Waals surface area (Å²) in [7, 11) is 0. The van der Waals surface area contributed by atoms with Gasteiger partial charge in [-0.2, -0.15) is 0 Å². The topological polar surface area (TPSA) is 46.5 Å². The van der Waals surface area contributed by atoms with Gasteiger partial charge in [-0.1, -0.05) is 26.8 Å². The Morgan fingerprint density at radius 2 is 2.00 bits per heavy atom. The third-order valence-electron chi connectivity index (χ3n) is 4.75. The predicted octanol–water partition coefficient (Wildman–Crippen LogP) is 3.32. The minimum atomic E-state index is -0.692. The summed E-state index contributed by atoms with van der Waals surface area (Å²) in [5.74, 6) is 0.355. The zero-order chi connectivity index (χ0) is 14.8. The lowest BCUT2D eigenvalue weighted by atomic mass is 9.57. The molecule has 0 aromatic heterocycles. The summed E-state index contributed by atoms with van der Waals surface area (Å²) >= 11 is 0. The normalized spacial score (nSPS) is 36.2. The summed E-state index contributed by atoms with van der Waals surface area (Å²) in [6.07, 6.45) is 5.53. The number of rotatable bonds is 3. The number of esters is 1. The van der Waals surface area contributed by atoms with Crippen LogP contribution in [0.2, 0.25) is 0 Å². The fraction of sp³-hybridized carbons (Fsp3) is 0.812. The standard InChI is InChI=1S/C16H28O3/c1-11-9-10-16(6,18)14(15(11,4)5)8-7-12(2)19-13(3)17/h7-8,11-12,14,18H,9-10H2,1-6H3/b8-7+/t11-,12-,14-,16-/m1/s1. The molecule has 0 heterocycles. The van der Waals surface area contributed by atoms with Gasteiger partial charge in [-0.3, -0.25) is 4.79 Å². The maximum absolute atomic E-state index is 10.9. The molecule has 1 N–H and O–H groups in total. The molecule has 0 radical (unpaired) electrons. The minimum Gasteiger partial charge on any atom is -0.459 e. The molecule has 1 aliphatic rings. The smallest absolute Gasteiger partial charge is 0.303 e. The Balaban J connectivity index is 2.87. The van der Waals surface area contributed by atoms with E-state index in [1.165, 1.54) is 6.92 Å². The number of carbonyl (C=O) groups is 1. The molecule has 1 saturated carbocycles. The molecule has 4 atom stereocenters. The Morgan fingerprint density at radius 3 is 2.53 bits per heavy atom. The van der Waals surface area contributed by atoms with Gasteiger partial charge in [-0.05, 0) is 44.1 Å². The van der Waals surface area contributed by atoms with E-state index in [9.17, 15) is 9.90 Å². The number of hydrogen-bond acceptors (Lipinski definition) is 3. The van der Waals surface area contributed by atoms with Crippen molar-refractivity contribution >= 4 is 5.97 Å². The average molecular weight is 268 g/mol. The van der Waals surface area contributed by atoms with Gasteiger partial charge in [0.05, 0.1) is 5.60 Å². The van der Waals surface area contributed by atoms with Crippen LogP contribution in [-0.4, -0.2) is 22.8 Å². The average Bonchev–Trinajstić information content (AvgIpc) is 2.22. The van der Waals surface area contributed by atoms with Crippen molar-refractivity contribution in [2.75, 3.05) is 0 Å². The van der Waals surface area contributed by atoms with E-state index in [1.54, 1.807) is 0 Å². The van der Waals surface area contributed by atoms with E-state index in [4.69, 9.17) is 4.74 Å². The van der Waals surface area contributed by atoms with Gasteiger partial charge in [0.1, 0.15) is 6.10 Å². The van der Waals surface area contributed by atoms with Crippen molar-refractivity contribution < 1.29 is 14.6 Å². The lowest BCUT2D eigenvalue weighted by Gasteiger charge is -2.50. The molecule has 1 fully saturated rings. The van der Waals surface area contributed by atoms with E-state index in [-0.39, 0.29) is 23.4 Å². The summed E-state index contributed by atoms with van der Waals surface area (Å²) in [6.45, 7) is 11.8. The SMILES string of the molecule is CC(=O)O[C@H](C)/C=C/[C@@H]1C(C)(C)[C@H](C)CC[C@@]1(C)O. The number of carbonyl (C=O) groups excluding carboxylic acids is 1. The molecule has 3 nitrogen and oxygen atoms in total. The quantitative estimate of drug-likeness (QED) is 0.631. The first-order chi connectivity index (χ1) is 8.57. The van der Waals surface area contributed by atoms with Gasteiger partial charge in [-0.15, -0.1) is 0 Å². The highest BCUT2D eigenvalue weighted by Crippen LogP contribution is 2.50. The first-order valence-electron chi connectivity index (χ1n) is 7.15. The van der Waals surface area contributed by atoms with Crippen LogP contribution in [0.3, 0.4) is 0 Å². The van der Waals surface area contributed by atoms with Gasteiger partial charge in [0.25, 0.3) is 0 Å². The summed E-state index contributed by atoms with van der Waals surface area (Å²) in [6, 6.07) is 0. The highest BCUT2D eigenvalue weighted by Gasteiger charge is 2.47. The third kappa shape index (κ3) is 3.82. The Morgan fingerprint density at radius 1 is 1.42 bits per heavy atom. The molecule has 0 aliphatic heterocycles. The van der Waals surface area contributed by atoms with Crippen molar-refractivity contribution in [2.24, 2.45) is 17.3 Å². The zero-order valence-electron chi connectivity index (χ0n) is 13.1. The van der Waals surface area contributed by atoms with Crippen LogP contribution in [-0.2, 0) is 9.53 Å². The van der Waals surface area contributed by atoms with Crippen molar-refractivity contribution in [3.63, 3.8) is 0 Å². The molecule has 0 aromatic rings. The molecular weight excluding hydrogens is 240 g/mol. The van der Waals surface area contributed by atoms with E-state index < -0.39 is 5.60 Å². The Bertz CT molecular complexity index is 355. The highest BCUT2D eigenvalue weighted by molar-refractivity contribution is 5.66. The third-order valence-corrected chi connectivity index (χ3v) is 4.75. The van der Waals surface area contributed by atoms with Crippen LogP contribution in [0.4, 0.5) is 0 Å². The van der Waals surface area contributed by atoms with Gasteiger partial charge < -0.3 is 9.84 Å². The monoisotopic (exact) mass is 268 g/mol. The lowest BCUT2D eigenvalue weighted by Crippen LogP contribution is -2.49. The van der Waals surface area contributed by atoms with Crippen LogP contribution in [0.5, 0.6) is 0 Å². The zero-order valence-corrected chi connectivity index (χ0v) is 13.1. The van der Waals surface area contributed by atoms with E-state index >= 15 is 0 Å². The van der Waals surface area contributed by atoms with Crippen molar-refractivity contribution in [1.82, 2.24) is 0 Å². The van der Waals surface area contributed by atoms with Crippen LogP contribution >= 0.6 is 0 Å². The van der Waals surface area contributed by atoms with Crippen LogP contribution in [0.15, 0.2) is 12.2 Å². The second-order valence-corrected chi connectivity index (χ2v) is 6.80. The van der Waals surface area contributed by atoms with Gasteiger partial charge in [0.15, 0.2) is 0 Å². The minimum absolute atomic E-state index is 0.0359. The number of hydrogen-bond donors (Lipinski definition) is 1. The number of aliphatic hydroxyl groups is 1. The van der Waals surface area contributed by atoms with Gasteiger partial charge in [0.2, 0.25) is 0 Å². The van der Waals surface area contributed by atoms with Crippen molar-refractivity contribution in [2.45, 2.75) is 66.1 Å². The van der Waals surface area contributed by atoms with Crippen LogP contribution in [0, 0.1) is 17.3 Å².